The van der Waals surface area contributed by atoms with Crippen molar-refractivity contribution in [1.29, 1.82) is 0 Å². The van der Waals surface area contributed by atoms with Crippen LogP contribution in [-0.4, -0.2) is 53.6 Å². The van der Waals surface area contributed by atoms with Crippen molar-refractivity contribution in [3.05, 3.63) is 0 Å². The number of nitrogens with one attached hydrogen (secondary N) is 1. The molecule has 0 spiro atoms. The Morgan fingerprint density at radius 2 is 2.11 bits per heavy atom. The molecule has 104 valence electrons. The van der Waals surface area contributed by atoms with Crippen molar-refractivity contribution < 1.29 is 23.0 Å². The Morgan fingerprint density at radius 3 is 2.78 bits per heavy atom. The van der Waals surface area contributed by atoms with Gasteiger partial charge in [-0.25, -0.2) is 0 Å². The predicted molar refractivity (Wildman–Crippen MR) is 63.1 cm³/mol. The number of aliphatic hydroxyl groups is 1. The maximum absolute atomic E-state index is 11.9. The summed E-state index contributed by atoms with van der Waals surface area (Å²) in [6, 6.07) is 0. The lowest BCUT2D eigenvalue weighted by Crippen LogP contribution is -2.21. The van der Waals surface area contributed by atoms with E-state index < -0.39 is 12.7 Å². The lowest BCUT2D eigenvalue weighted by molar-refractivity contribution is -0.115. The fourth-order valence-corrected chi connectivity index (χ4v) is 2.54. The van der Waals surface area contributed by atoms with Crippen LogP contribution in [0.25, 0.3) is 0 Å². The van der Waals surface area contributed by atoms with Crippen molar-refractivity contribution >= 4 is 28.2 Å². The molecule has 1 rings (SSSR count). The Kier molecular flexibility index (Phi) is 6.68. The molecule has 0 aromatic carbocycles. The van der Waals surface area contributed by atoms with Crippen molar-refractivity contribution in [3.63, 3.8) is 0 Å². The van der Waals surface area contributed by atoms with E-state index in [9.17, 15) is 13.2 Å². The van der Waals surface area contributed by atoms with Gasteiger partial charge in [-0.15, -0.1) is 10.2 Å². The molecular weight excluding hydrogens is 291 g/mol. The lowest BCUT2D eigenvalue weighted by atomic mass is 10.6. The Morgan fingerprint density at radius 1 is 1.33 bits per heavy atom. The van der Waals surface area contributed by atoms with E-state index in [2.05, 4.69) is 15.5 Å². The minimum atomic E-state index is -4.27. The van der Waals surface area contributed by atoms with E-state index in [1.165, 1.54) is 11.8 Å². The maximum Gasteiger partial charge on any atom is 0.405 e. The number of hydrogen-bond acceptors (Lipinski definition) is 7. The minimum absolute atomic E-state index is 0.0328. The van der Waals surface area contributed by atoms with Crippen molar-refractivity contribution in [1.82, 2.24) is 10.2 Å². The van der Waals surface area contributed by atoms with Crippen LogP contribution in [0.4, 0.5) is 18.3 Å². The molecule has 0 saturated carbocycles. The second kappa shape index (κ2) is 7.77. The molecule has 0 atom stereocenters. The monoisotopic (exact) mass is 303 g/mol. The van der Waals surface area contributed by atoms with Crippen LogP contribution in [0.5, 0.6) is 0 Å². The lowest BCUT2D eigenvalue weighted by Gasteiger charge is -2.05. The van der Waals surface area contributed by atoms with Gasteiger partial charge in [0.15, 0.2) is 4.34 Å². The van der Waals surface area contributed by atoms with Crippen molar-refractivity contribution in [2.24, 2.45) is 0 Å². The van der Waals surface area contributed by atoms with E-state index in [1.807, 2.05) is 0 Å². The second-order valence-electron chi connectivity index (χ2n) is 3.03. The summed E-state index contributed by atoms with van der Waals surface area (Å²) in [5, 5.41) is 18.1. The molecule has 0 amide bonds. The molecule has 0 saturated heterocycles. The van der Waals surface area contributed by atoms with Crippen LogP contribution < -0.4 is 5.32 Å². The molecule has 1 heterocycles. The van der Waals surface area contributed by atoms with Gasteiger partial charge in [-0.3, -0.25) is 0 Å². The fraction of sp³-hybridized carbons (Fsp3) is 0.750. The summed E-state index contributed by atoms with van der Waals surface area (Å²) in [6.07, 6.45) is -4.27. The molecule has 1 aromatic rings. The summed E-state index contributed by atoms with van der Waals surface area (Å²) in [5.41, 5.74) is 0. The molecule has 0 aliphatic heterocycles. The molecule has 0 aliphatic rings. The quantitative estimate of drug-likeness (QED) is 0.562. The van der Waals surface area contributed by atoms with Crippen molar-refractivity contribution in [2.75, 3.05) is 37.4 Å². The Hall–Kier alpha value is -0.580. The van der Waals surface area contributed by atoms with Crippen LogP contribution in [0.15, 0.2) is 4.34 Å². The number of alkyl halides is 3. The van der Waals surface area contributed by atoms with E-state index in [0.717, 1.165) is 11.3 Å². The zero-order valence-corrected chi connectivity index (χ0v) is 10.9. The minimum Gasteiger partial charge on any atom is -0.394 e. The third-order valence-corrected chi connectivity index (χ3v) is 3.51. The van der Waals surface area contributed by atoms with Gasteiger partial charge in [0, 0.05) is 5.75 Å². The van der Waals surface area contributed by atoms with Crippen LogP contribution in [0.3, 0.4) is 0 Å². The number of thioether (sulfide) groups is 1. The highest BCUT2D eigenvalue weighted by Gasteiger charge is 2.27. The molecule has 2 N–H and O–H groups in total. The average molecular weight is 303 g/mol. The highest BCUT2D eigenvalue weighted by atomic mass is 32.2. The highest BCUT2D eigenvalue weighted by molar-refractivity contribution is 8.01. The molecule has 0 radical (unpaired) electrons. The number of rotatable bonds is 8. The van der Waals surface area contributed by atoms with Gasteiger partial charge in [-0.2, -0.15) is 13.2 Å². The zero-order valence-electron chi connectivity index (χ0n) is 9.24. The SMILES string of the molecule is OCCOCCSc1nnc(NCC(F)(F)F)s1. The standard InChI is InChI=1S/C8H12F3N3O2S2/c9-8(10,11)5-12-6-13-14-7(18-6)17-4-3-16-2-1-15/h15H,1-5H2,(H,12,13). The highest BCUT2D eigenvalue weighted by Crippen LogP contribution is 2.26. The summed E-state index contributed by atoms with van der Waals surface area (Å²) in [7, 11) is 0. The zero-order chi connectivity index (χ0) is 13.4. The molecule has 0 fully saturated rings. The summed E-state index contributed by atoms with van der Waals surface area (Å²) in [4.78, 5) is 0. The number of aliphatic hydroxyl groups excluding tert-OH is 1. The maximum atomic E-state index is 11.9. The van der Waals surface area contributed by atoms with E-state index in [1.54, 1.807) is 0 Å². The first-order valence-corrected chi connectivity index (χ1v) is 6.77. The van der Waals surface area contributed by atoms with E-state index in [-0.39, 0.29) is 18.3 Å². The molecule has 10 heteroatoms. The van der Waals surface area contributed by atoms with Gasteiger partial charge >= 0.3 is 6.18 Å². The van der Waals surface area contributed by atoms with Gasteiger partial charge in [0.1, 0.15) is 6.54 Å². The molecule has 0 unspecified atom stereocenters. The Labute approximate surface area is 110 Å². The van der Waals surface area contributed by atoms with E-state index >= 15 is 0 Å². The first-order chi connectivity index (χ1) is 8.51. The van der Waals surface area contributed by atoms with Gasteiger partial charge in [-0.05, 0) is 0 Å². The normalized spacial score (nSPS) is 11.8. The van der Waals surface area contributed by atoms with Gasteiger partial charge in [0.05, 0.1) is 19.8 Å². The van der Waals surface area contributed by atoms with Gasteiger partial charge in [0.2, 0.25) is 5.13 Å². The number of anilines is 1. The third kappa shape index (κ3) is 6.99. The Bertz CT molecular complexity index is 349. The molecule has 18 heavy (non-hydrogen) atoms. The summed E-state index contributed by atoms with van der Waals surface area (Å²) in [5.74, 6) is 0.605. The van der Waals surface area contributed by atoms with Crippen LogP contribution in [0.1, 0.15) is 0 Å². The summed E-state index contributed by atoms with van der Waals surface area (Å²) in [6.45, 7) is -0.438. The van der Waals surface area contributed by atoms with E-state index in [4.69, 9.17) is 9.84 Å². The largest absolute Gasteiger partial charge is 0.405 e. The number of nitrogens with zero attached hydrogens (tertiary/aromatic N) is 2. The molecule has 5 nitrogen and oxygen atoms in total. The van der Waals surface area contributed by atoms with Gasteiger partial charge in [0.25, 0.3) is 0 Å². The van der Waals surface area contributed by atoms with Gasteiger partial charge < -0.3 is 15.2 Å². The molecular formula is C8H12F3N3O2S2. The van der Waals surface area contributed by atoms with Crippen LogP contribution in [0.2, 0.25) is 0 Å². The third-order valence-electron chi connectivity index (χ3n) is 1.54. The van der Waals surface area contributed by atoms with E-state index in [0.29, 0.717) is 16.7 Å². The van der Waals surface area contributed by atoms with Crippen molar-refractivity contribution in [2.45, 2.75) is 10.5 Å². The van der Waals surface area contributed by atoms with Gasteiger partial charge in [-0.1, -0.05) is 23.1 Å². The topological polar surface area (TPSA) is 67.3 Å². The second-order valence-corrected chi connectivity index (χ2v) is 5.35. The summed E-state index contributed by atoms with van der Waals surface area (Å²) < 4.78 is 41.4. The number of halogens is 3. The predicted octanol–water partition coefficient (Wildman–Crippen LogP) is 1.61. The fourth-order valence-electron chi connectivity index (χ4n) is 0.870. The average Bonchev–Trinajstić information content (AvgIpc) is 2.73. The number of ether oxygens (including phenoxy) is 1. The number of hydrogen-bond donors (Lipinski definition) is 2. The molecule has 0 aliphatic carbocycles. The smallest absolute Gasteiger partial charge is 0.394 e. The first kappa shape index (κ1) is 15.5. The Balaban J connectivity index is 2.22. The summed E-state index contributed by atoms with van der Waals surface area (Å²) >= 11 is 2.40. The van der Waals surface area contributed by atoms with Crippen LogP contribution >= 0.6 is 23.1 Å². The number of aromatic nitrogens is 2. The first-order valence-electron chi connectivity index (χ1n) is 4.97. The molecule has 0 bridgehead atoms. The van der Waals surface area contributed by atoms with Crippen LogP contribution in [0, 0.1) is 0 Å². The van der Waals surface area contributed by atoms with Crippen molar-refractivity contribution in [3.8, 4) is 0 Å². The molecule has 1 aromatic heterocycles. The van der Waals surface area contributed by atoms with Crippen LogP contribution in [-0.2, 0) is 4.74 Å².